The van der Waals surface area contributed by atoms with E-state index in [1.165, 1.54) is 124 Å². The van der Waals surface area contributed by atoms with Gasteiger partial charge in [-0.25, -0.2) is 31.0 Å². The molecule has 0 spiro atoms. The van der Waals surface area contributed by atoms with E-state index in [0.717, 1.165) is 62.1 Å². The number of aliphatic hydroxyl groups is 2. The van der Waals surface area contributed by atoms with Crippen LogP contribution in [-0.2, 0) is 56.0 Å². The fraction of sp³-hybridized carbons (Fsp3) is 0.333. The van der Waals surface area contributed by atoms with Gasteiger partial charge in [0.2, 0.25) is 0 Å². The van der Waals surface area contributed by atoms with E-state index in [-0.39, 0.29) is 153 Å². The lowest BCUT2D eigenvalue weighted by Crippen LogP contribution is -2.58. The summed E-state index contributed by atoms with van der Waals surface area (Å²) in [6.07, 6.45) is 1.18. The zero-order chi connectivity index (χ0) is 90.1. The van der Waals surface area contributed by atoms with Crippen LogP contribution in [0.2, 0.25) is 0 Å². The van der Waals surface area contributed by atoms with Gasteiger partial charge in [0.05, 0.1) is 48.3 Å². The third-order valence-electron chi connectivity index (χ3n) is 20.8. The Balaban J connectivity index is 0.000000172. The minimum absolute atomic E-state index is 0.0425. The summed E-state index contributed by atoms with van der Waals surface area (Å²) in [5.41, 5.74) is -0.862. The number of likely N-dealkylation sites (tertiary alicyclic amines) is 2. The summed E-state index contributed by atoms with van der Waals surface area (Å²) in [4.78, 5) is 104. The molecule has 22 nitrogen and oxygen atoms in total. The SMILES string of the molecule is Cc1cc(NC(=O)c2ccc(C)c(C(F)(F)C(=O)N3CCC(O)CC3)c2)ccc1F.Cc1cc(NC(=O)c2ccc(C)c(C(F)(F)C(=O)N3CCC(O)CC3)c2)ccc1F.Cc1cc(NC(=O)c2ccc(F)c(C(F)(F)C(=O)N3CCn4nncc4C3)c2)ccc1F.Cc1cc(NC(=O)c2ccc(F)c(C(F)(F)C(=O)N3C[C@@H](C)N[C@@H](C)C3)c2)ccc1F. The highest BCUT2D eigenvalue weighted by molar-refractivity contribution is 6.07. The van der Waals surface area contributed by atoms with Crippen molar-refractivity contribution in [3.63, 3.8) is 0 Å². The van der Waals surface area contributed by atoms with Gasteiger partial charge in [0.1, 0.15) is 34.9 Å². The normalized spacial score (nSPS) is 15.8. The van der Waals surface area contributed by atoms with Crippen LogP contribution in [0, 0.1) is 76.4 Å². The van der Waals surface area contributed by atoms with E-state index in [2.05, 4.69) is 36.9 Å². The molecule has 7 N–H and O–H groups in total. The molecule has 3 saturated heterocycles. The third-order valence-corrected chi connectivity index (χ3v) is 20.8. The van der Waals surface area contributed by atoms with Crippen LogP contribution in [0.3, 0.4) is 0 Å². The van der Waals surface area contributed by atoms with Crippen molar-refractivity contribution in [3.05, 3.63) is 270 Å². The van der Waals surface area contributed by atoms with Crippen molar-refractivity contribution < 1.29 is 110 Å². The molecule has 123 heavy (non-hydrogen) atoms. The van der Waals surface area contributed by atoms with Gasteiger partial charge in [-0.1, -0.05) is 17.3 Å². The summed E-state index contributed by atoms with van der Waals surface area (Å²) in [6.45, 7) is 12.8. The molecule has 0 bridgehead atoms. The summed E-state index contributed by atoms with van der Waals surface area (Å²) in [5, 5.41) is 39.6. The van der Waals surface area contributed by atoms with Gasteiger partial charge in [-0.05, 0) is 248 Å². The van der Waals surface area contributed by atoms with Crippen molar-refractivity contribution in [3.8, 4) is 0 Å². The number of carbonyl (C=O) groups is 8. The van der Waals surface area contributed by atoms with Crippen molar-refractivity contribution in [1.29, 1.82) is 0 Å². The molecule has 13 rings (SSSR count). The number of hydrogen-bond acceptors (Lipinski definition) is 13. The Hall–Kier alpha value is -12.4. The molecule has 0 saturated carbocycles. The van der Waals surface area contributed by atoms with E-state index >= 15 is 26.3 Å². The molecular formula is C87H86F14N12O10. The van der Waals surface area contributed by atoms with Gasteiger partial charge < -0.3 is 56.4 Å². The second-order valence-corrected chi connectivity index (χ2v) is 30.3. The number of fused-ring (bicyclic) bond motifs is 1. The van der Waals surface area contributed by atoms with Gasteiger partial charge in [-0.3, -0.25) is 38.4 Å². The molecule has 8 amide bonds. The average molecular weight is 1730 g/mol. The van der Waals surface area contributed by atoms with E-state index in [0.29, 0.717) is 46.4 Å². The Morgan fingerprint density at radius 2 is 0.642 bits per heavy atom. The molecule has 9 aromatic rings. The second kappa shape index (κ2) is 38.7. The monoisotopic (exact) mass is 1720 g/mol. The first-order chi connectivity index (χ1) is 57.8. The number of aryl methyl sites for hydroxylation is 6. The minimum atomic E-state index is -4.21. The number of nitrogens with zero attached hydrogens (tertiary/aromatic N) is 7. The Kier molecular flexibility index (Phi) is 29.2. The zero-order valence-electron chi connectivity index (χ0n) is 67.5. The molecule has 8 aromatic carbocycles. The van der Waals surface area contributed by atoms with Crippen LogP contribution in [0.4, 0.5) is 84.2 Å². The van der Waals surface area contributed by atoms with Gasteiger partial charge in [0.15, 0.2) is 0 Å². The summed E-state index contributed by atoms with van der Waals surface area (Å²) in [7, 11) is 0. The number of halogens is 14. The van der Waals surface area contributed by atoms with Crippen LogP contribution in [0.5, 0.6) is 0 Å². The molecule has 0 unspecified atom stereocenters. The van der Waals surface area contributed by atoms with Gasteiger partial charge in [0.25, 0.3) is 47.3 Å². The quantitative estimate of drug-likeness (QED) is 0.0444. The molecule has 0 aliphatic carbocycles. The second-order valence-electron chi connectivity index (χ2n) is 30.3. The number of nitrogens with one attached hydrogen (secondary N) is 5. The maximum atomic E-state index is 15.0. The number of anilines is 4. The predicted molar refractivity (Wildman–Crippen MR) is 425 cm³/mol. The Morgan fingerprint density at radius 3 is 0.967 bits per heavy atom. The highest BCUT2D eigenvalue weighted by atomic mass is 19.3. The molecule has 5 heterocycles. The molecule has 2 atom stereocenters. The summed E-state index contributed by atoms with van der Waals surface area (Å²) < 4.78 is 204. The van der Waals surface area contributed by atoms with Crippen LogP contribution < -0.4 is 26.6 Å². The molecule has 3 fully saturated rings. The lowest BCUT2D eigenvalue weighted by molar-refractivity contribution is -0.161. The number of hydrogen-bond donors (Lipinski definition) is 7. The highest BCUT2D eigenvalue weighted by Gasteiger charge is 2.51. The van der Waals surface area contributed by atoms with Crippen molar-refractivity contribution in [1.82, 2.24) is 39.9 Å². The minimum Gasteiger partial charge on any atom is -0.393 e. The largest absolute Gasteiger partial charge is 0.393 e. The van der Waals surface area contributed by atoms with Crippen molar-refractivity contribution >= 4 is 70.0 Å². The van der Waals surface area contributed by atoms with Crippen LogP contribution in [0.25, 0.3) is 0 Å². The molecule has 36 heteroatoms. The van der Waals surface area contributed by atoms with E-state index in [1.54, 1.807) is 27.7 Å². The van der Waals surface area contributed by atoms with Crippen molar-refractivity contribution in [2.24, 2.45) is 0 Å². The first-order valence-electron chi connectivity index (χ1n) is 38.6. The van der Waals surface area contributed by atoms with Gasteiger partial charge in [0, 0.05) is 114 Å². The first kappa shape index (κ1) is 92.8. The summed E-state index contributed by atoms with van der Waals surface area (Å²) in [5.74, 6) is -29.0. The number of aliphatic hydroxyl groups excluding tert-OH is 2. The fourth-order valence-electron chi connectivity index (χ4n) is 13.9. The number of rotatable bonds is 16. The summed E-state index contributed by atoms with van der Waals surface area (Å²) in [6, 6.07) is 27.7. The Labute approximate surface area is 696 Å². The molecule has 0 radical (unpaired) electrons. The number of carbonyl (C=O) groups excluding carboxylic acids is 8. The standard InChI is InChI=1S/C22H23F4N3O2.2C22H23F3N2O3.C21H17F4N5O2/c1-12-8-16(5-7-18(12)23)28-20(30)15-4-6-19(24)17(9-15)22(25,26)21(31)29-10-13(2)27-14(3)11-29;2*1-13-3-4-15(20(29)26-16-5-6-19(23)14(2)11-16)12-18(13)22(24,25)21(30)27-9-7-17(28)8-10-27;1-12-8-14(3-5-17(12)22)27-19(31)13-2-4-18(23)16(9-13)21(24,25)20(32)29-6-7-30-15(11-29)10-26-28-30/h4-9,13-14,27H,10-11H2,1-3H3,(H,28,30);2*3-6,11-12,17,28H,7-10H2,1-2H3,(H,26,29);2-5,8-10H,6-7,11H2,1H3,(H,27,31)/t13-,14+;;;. The smallest absolute Gasteiger partial charge is 0.352 e. The number of piperazine rings is 1. The van der Waals surface area contributed by atoms with Crippen LogP contribution in [0.1, 0.15) is 142 Å². The van der Waals surface area contributed by atoms with Crippen LogP contribution in [-0.4, -0.2) is 162 Å². The molecule has 4 aliphatic heterocycles. The first-order valence-corrected chi connectivity index (χ1v) is 38.6. The van der Waals surface area contributed by atoms with Gasteiger partial charge in [-0.2, -0.15) is 35.1 Å². The average Bonchev–Trinajstić information content (AvgIpc) is 1.36. The molecule has 4 aliphatic rings. The summed E-state index contributed by atoms with van der Waals surface area (Å²) >= 11 is 0. The van der Waals surface area contributed by atoms with Crippen LogP contribution >= 0.6 is 0 Å². The van der Waals surface area contributed by atoms with E-state index in [9.17, 15) is 83.7 Å². The Bertz CT molecular complexity index is 5320. The lowest BCUT2D eigenvalue weighted by atomic mass is 9.97. The number of amides is 8. The van der Waals surface area contributed by atoms with Gasteiger partial charge >= 0.3 is 23.7 Å². The van der Waals surface area contributed by atoms with E-state index in [1.807, 2.05) is 0 Å². The number of piperidine rings is 2. The zero-order valence-corrected chi connectivity index (χ0v) is 67.5. The maximum absolute atomic E-state index is 15.0. The topological polar surface area (TPSA) is 281 Å². The maximum Gasteiger partial charge on any atom is 0.352 e. The molecule has 652 valence electrons. The number of alkyl halides is 8. The molecular weight excluding hydrogens is 1640 g/mol. The lowest BCUT2D eigenvalue weighted by Gasteiger charge is -2.37. The molecule has 1 aromatic heterocycles. The fourth-order valence-corrected chi connectivity index (χ4v) is 13.9. The predicted octanol–water partition coefficient (Wildman–Crippen LogP) is 14.6. The van der Waals surface area contributed by atoms with Crippen molar-refractivity contribution in [2.45, 2.75) is 142 Å². The van der Waals surface area contributed by atoms with Crippen molar-refractivity contribution in [2.75, 3.05) is 67.1 Å². The van der Waals surface area contributed by atoms with E-state index in [4.69, 9.17) is 0 Å². The third kappa shape index (κ3) is 22.3. The Morgan fingerprint density at radius 1 is 0.358 bits per heavy atom. The van der Waals surface area contributed by atoms with Gasteiger partial charge in [-0.15, -0.1) is 5.10 Å². The number of benzene rings is 8. The van der Waals surface area contributed by atoms with E-state index < -0.39 is 140 Å². The number of aromatic nitrogens is 3. The highest BCUT2D eigenvalue weighted by Crippen LogP contribution is 2.40. The van der Waals surface area contributed by atoms with Crippen LogP contribution in [0.15, 0.2) is 152 Å².